The van der Waals surface area contributed by atoms with Crippen molar-refractivity contribution in [2.45, 2.75) is 58.3 Å². The molecule has 0 radical (unpaired) electrons. The van der Waals surface area contributed by atoms with Crippen LogP contribution < -0.4 is 4.74 Å². The van der Waals surface area contributed by atoms with Gasteiger partial charge < -0.3 is 4.74 Å². The highest BCUT2D eigenvalue weighted by molar-refractivity contribution is 5.55. The molecule has 0 saturated heterocycles. The molecule has 3 rings (SSSR count). The maximum Gasteiger partial charge on any atom is 0.119 e. The SMILES string of the molecule is CCCCCCCCCCOc1ccc(C#Cc2ccc(-c3ccccn3)nc2)cc1. The molecular weight excluding hydrogens is 380 g/mol. The lowest BCUT2D eigenvalue weighted by Gasteiger charge is -2.06. The van der Waals surface area contributed by atoms with Crippen molar-refractivity contribution in [3.63, 3.8) is 0 Å². The Balaban J connectivity index is 1.39. The Morgan fingerprint density at radius 2 is 1.35 bits per heavy atom. The van der Waals surface area contributed by atoms with Crippen LogP contribution in [0.1, 0.15) is 69.4 Å². The van der Waals surface area contributed by atoms with Gasteiger partial charge in [-0.25, -0.2) is 0 Å². The first-order valence-electron chi connectivity index (χ1n) is 11.5. The first-order chi connectivity index (χ1) is 15.3. The van der Waals surface area contributed by atoms with E-state index in [0.717, 1.165) is 41.3 Å². The van der Waals surface area contributed by atoms with Gasteiger partial charge in [0.05, 0.1) is 18.0 Å². The number of aromatic nitrogens is 2. The maximum atomic E-state index is 5.86. The fraction of sp³-hybridized carbons (Fsp3) is 0.357. The predicted molar refractivity (Wildman–Crippen MR) is 128 cm³/mol. The third-order valence-corrected chi connectivity index (χ3v) is 5.16. The Kier molecular flexibility index (Phi) is 9.63. The first kappa shape index (κ1) is 22.6. The highest BCUT2D eigenvalue weighted by Crippen LogP contribution is 2.15. The molecule has 0 fully saturated rings. The highest BCUT2D eigenvalue weighted by atomic mass is 16.5. The van der Waals surface area contributed by atoms with Gasteiger partial charge in [0.25, 0.3) is 0 Å². The second-order valence-corrected chi connectivity index (χ2v) is 7.74. The third-order valence-electron chi connectivity index (χ3n) is 5.16. The minimum atomic E-state index is 0.786. The smallest absolute Gasteiger partial charge is 0.119 e. The molecule has 0 amide bonds. The van der Waals surface area contributed by atoms with E-state index < -0.39 is 0 Å². The molecule has 0 unspecified atom stereocenters. The summed E-state index contributed by atoms with van der Waals surface area (Å²) >= 11 is 0. The summed E-state index contributed by atoms with van der Waals surface area (Å²) in [6.45, 7) is 3.05. The Labute approximate surface area is 186 Å². The van der Waals surface area contributed by atoms with Crippen LogP contribution in [0.25, 0.3) is 11.4 Å². The number of ether oxygens (including phenoxy) is 1. The number of hydrogen-bond acceptors (Lipinski definition) is 3. The summed E-state index contributed by atoms with van der Waals surface area (Å²) in [6, 6.07) is 17.7. The quantitative estimate of drug-likeness (QED) is 0.250. The summed E-state index contributed by atoms with van der Waals surface area (Å²) in [7, 11) is 0. The molecule has 0 N–H and O–H groups in total. The van der Waals surface area contributed by atoms with E-state index in [4.69, 9.17) is 4.74 Å². The molecule has 0 bridgehead atoms. The number of hydrogen-bond donors (Lipinski definition) is 0. The first-order valence-corrected chi connectivity index (χ1v) is 11.5. The van der Waals surface area contributed by atoms with Gasteiger partial charge in [-0.1, -0.05) is 69.8 Å². The third kappa shape index (κ3) is 8.26. The minimum absolute atomic E-state index is 0.786. The molecule has 160 valence electrons. The van der Waals surface area contributed by atoms with Crippen LogP contribution in [0, 0.1) is 11.8 Å². The number of benzene rings is 1. The molecule has 0 aliphatic heterocycles. The Bertz CT molecular complexity index is 938. The number of nitrogens with zero attached hydrogens (tertiary/aromatic N) is 2. The summed E-state index contributed by atoms with van der Waals surface area (Å²) in [6.07, 6.45) is 14.1. The van der Waals surface area contributed by atoms with Gasteiger partial charge in [-0.3, -0.25) is 9.97 Å². The summed E-state index contributed by atoms with van der Waals surface area (Å²) in [5.74, 6) is 7.27. The van der Waals surface area contributed by atoms with Gasteiger partial charge in [-0.05, 0) is 55.0 Å². The Morgan fingerprint density at radius 3 is 2.03 bits per heavy atom. The van der Waals surface area contributed by atoms with E-state index in [-0.39, 0.29) is 0 Å². The lowest BCUT2D eigenvalue weighted by Crippen LogP contribution is -1.97. The Hall–Kier alpha value is -3.12. The van der Waals surface area contributed by atoms with E-state index >= 15 is 0 Å². The van der Waals surface area contributed by atoms with Gasteiger partial charge in [-0.2, -0.15) is 0 Å². The van der Waals surface area contributed by atoms with Gasteiger partial charge in [0.15, 0.2) is 0 Å². The largest absolute Gasteiger partial charge is 0.494 e. The van der Waals surface area contributed by atoms with Crippen LogP contribution in [-0.4, -0.2) is 16.6 Å². The second-order valence-electron chi connectivity index (χ2n) is 7.74. The molecule has 0 atom stereocenters. The van der Waals surface area contributed by atoms with E-state index in [2.05, 4.69) is 28.7 Å². The van der Waals surface area contributed by atoms with E-state index in [9.17, 15) is 0 Å². The van der Waals surface area contributed by atoms with Crippen molar-refractivity contribution < 1.29 is 4.74 Å². The lowest BCUT2D eigenvalue weighted by molar-refractivity contribution is 0.304. The molecule has 0 saturated carbocycles. The lowest BCUT2D eigenvalue weighted by atomic mass is 10.1. The molecule has 0 spiro atoms. The Morgan fingerprint density at radius 1 is 0.677 bits per heavy atom. The van der Waals surface area contributed by atoms with E-state index in [1.165, 1.54) is 44.9 Å². The molecule has 0 aliphatic rings. The molecule has 3 nitrogen and oxygen atoms in total. The molecule has 1 aromatic carbocycles. The number of pyridine rings is 2. The summed E-state index contributed by atoms with van der Waals surface area (Å²) in [5.41, 5.74) is 3.57. The van der Waals surface area contributed by atoms with Gasteiger partial charge >= 0.3 is 0 Å². The molecule has 0 aliphatic carbocycles. The highest BCUT2D eigenvalue weighted by Gasteiger charge is 1.99. The van der Waals surface area contributed by atoms with Crippen molar-refractivity contribution in [3.05, 3.63) is 78.1 Å². The van der Waals surface area contributed by atoms with Gasteiger partial charge in [0.2, 0.25) is 0 Å². The average Bonchev–Trinajstić information content (AvgIpc) is 2.83. The fourth-order valence-corrected chi connectivity index (χ4v) is 3.34. The van der Waals surface area contributed by atoms with Crippen LogP contribution in [-0.2, 0) is 0 Å². The van der Waals surface area contributed by atoms with Crippen molar-refractivity contribution in [3.8, 4) is 29.0 Å². The molecule has 31 heavy (non-hydrogen) atoms. The minimum Gasteiger partial charge on any atom is -0.494 e. The summed E-state index contributed by atoms with van der Waals surface area (Å²) < 4.78 is 5.86. The van der Waals surface area contributed by atoms with Crippen LogP contribution in [0.2, 0.25) is 0 Å². The van der Waals surface area contributed by atoms with Crippen LogP contribution in [0.4, 0.5) is 0 Å². The zero-order valence-corrected chi connectivity index (χ0v) is 18.5. The summed E-state index contributed by atoms with van der Waals surface area (Å²) in [5, 5.41) is 0. The monoisotopic (exact) mass is 412 g/mol. The summed E-state index contributed by atoms with van der Waals surface area (Å²) in [4.78, 5) is 8.78. The number of unbranched alkanes of at least 4 members (excludes halogenated alkanes) is 7. The molecular formula is C28H32N2O. The van der Waals surface area contributed by atoms with Crippen molar-refractivity contribution in [1.82, 2.24) is 9.97 Å². The number of rotatable bonds is 11. The van der Waals surface area contributed by atoms with Crippen molar-refractivity contribution in [1.29, 1.82) is 0 Å². The second kappa shape index (κ2) is 13.2. The van der Waals surface area contributed by atoms with Crippen LogP contribution >= 0.6 is 0 Å². The van der Waals surface area contributed by atoms with Crippen LogP contribution in [0.5, 0.6) is 5.75 Å². The van der Waals surface area contributed by atoms with Crippen molar-refractivity contribution >= 4 is 0 Å². The molecule has 3 heteroatoms. The topological polar surface area (TPSA) is 35.0 Å². The predicted octanol–water partition coefficient (Wildman–Crippen LogP) is 7.06. The van der Waals surface area contributed by atoms with E-state index in [1.54, 1.807) is 12.4 Å². The average molecular weight is 413 g/mol. The zero-order chi connectivity index (χ0) is 21.6. The van der Waals surface area contributed by atoms with E-state index in [0.29, 0.717) is 0 Å². The van der Waals surface area contributed by atoms with Gasteiger partial charge in [-0.15, -0.1) is 0 Å². The maximum absolute atomic E-state index is 5.86. The fourth-order valence-electron chi connectivity index (χ4n) is 3.34. The standard InChI is InChI=1S/C28H32N2O/c1-2-3-4-5-6-7-8-11-22-31-26-18-15-24(16-19-26)13-14-25-17-20-28(30-23-25)27-12-9-10-21-29-27/h9-10,12,15-21,23H,2-8,11,22H2,1H3. The van der Waals surface area contributed by atoms with Crippen LogP contribution in [0.15, 0.2) is 67.0 Å². The van der Waals surface area contributed by atoms with Gasteiger partial charge in [0, 0.05) is 23.5 Å². The van der Waals surface area contributed by atoms with E-state index in [1.807, 2.05) is 54.6 Å². The van der Waals surface area contributed by atoms with Crippen molar-refractivity contribution in [2.24, 2.45) is 0 Å². The molecule has 3 aromatic rings. The van der Waals surface area contributed by atoms with Gasteiger partial charge in [0.1, 0.15) is 5.75 Å². The van der Waals surface area contributed by atoms with Crippen molar-refractivity contribution in [2.75, 3.05) is 6.61 Å². The molecule has 2 heterocycles. The molecule has 2 aromatic heterocycles. The zero-order valence-electron chi connectivity index (χ0n) is 18.5. The normalized spacial score (nSPS) is 10.4. The van der Waals surface area contributed by atoms with Crippen LogP contribution in [0.3, 0.4) is 0 Å².